The maximum Gasteiger partial charge on any atom is 0.294 e. The number of rotatable bonds is 5. The Morgan fingerprint density at radius 3 is 2.76 bits per heavy atom. The third-order valence-corrected chi connectivity index (χ3v) is 6.16. The number of nitrogens with zero attached hydrogens (tertiary/aromatic N) is 7. The Hall–Kier alpha value is -4.86. The van der Waals surface area contributed by atoms with Gasteiger partial charge in [-0.15, -0.1) is 0 Å². The summed E-state index contributed by atoms with van der Waals surface area (Å²) >= 11 is 0. The van der Waals surface area contributed by atoms with Crippen LogP contribution in [-0.2, 0) is 15.1 Å². The van der Waals surface area contributed by atoms with Crippen molar-refractivity contribution in [2.45, 2.75) is 38.5 Å². The number of nitrogen functional groups attached to an aromatic ring is 1. The Balaban J connectivity index is 1.59. The number of carbonyl (C=O) groups excluding carboxylic acids is 2. The molecule has 4 heterocycles. The van der Waals surface area contributed by atoms with Crippen molar-refractivity contribution in [3.63, 3.8) is 0 Å². The summed E-state index contributed by atoms with van der Waals surface area (Å²) < 4.78 is 25.3. The van der Waals surface area contributed by atoms with E-state index in [2.05, 4.69) is 37.0 Å². The predicted molar refractivity (Wildman–Crippen MR) is 132 cm³/mol. The highest BCUT2D eigenvalue weighted by Gasteiger charge is 2.32. The van der Waals surface area contributed by atoms with Gasteiger partial charge in [0.15, 0.2) is 11.5 Å². The molecule has 1 fully saturated rings. The number of anilines is 1. The van der Waals surface area contributed by atoms with Gasteiger partial charge < -0.3 is 19.9 Å². The molecule has 2 N–H and O–H groups in total. The fraction of sp³-hybridized carbons (Fsp3) is 0.320. The molecule has 4 aromatic rings. The van der Waals surface area contributed by atoms with Crippen LogP contribution in [0.5, 0.6) is 0 Å². The van der Waals surface area contributed by atoms with Crippen molar-refractivity contribution in [2.24, 2.45) is 0 Å². The molecule has 0 aliphatic carbocycles. The van der Waals surface area contributed by atoms with Crippen LogP contribution in [0.15, 0.2) is 35.0 Å². The summed E-state index contributed by atoms with van der Waals surface area (Å²) in [6, 6.07) is 6.76. The lowest BCUT2D eigenvalue weighted by molar-refractivity contribution is -0.138. The highest BCUT2D eigenvalue weighted by atomic mass is 19.1. The number of ether oxygens (including phenoxy) is 1. The highest BCUT2D eigenvalue weighted by Crippen LogP contribution is 2.26. The number of alkyl halides is 1. The number of aromatic nitrogens is 6. The first-order valence-corrected chi connectivity index (χ1v) is 11.8. The van der Waals surface area contributed by atoms with E-state index in [0.29, 0.717) is 41.3 Å². The average molecular weight is 519 g/mol. The Morgan fingerprint density at radius 1 is 1.29 bits per heavy atom. The Kier molecular flexibility index (Phi) is 6.46. The Bertz CT molecular complexity index is 1580. The Labute approximate surface area is 216 Å². The third-order valence-electron chi connectivity index (χ3n) is 6.16. The second-order valence-corrected chi connectivity index (χ2v) is 8.87. The van der Waals surface area contributed by atoms with Crippen molar-refractivity contribution >= 4 is 29.2 Å². The Morgan fingerprint density at radius 2 is 2.08 bits per heavy atom. The molecule has 0 saturated carbocycles. The van der Waals surface area contributed by atoms with Gasteiger partial charge in [-0.05, 0) is 43.9 Å². The number of hydrogen-bond acceptors (Lipinski definition) is 10. The van der Waals surface area contributed by atoms with Gasteiger partial charge in [-0.25, -0.2) is 14.1 Å². The van der Waals surface area contributed by atoms with Gasteiger partial charge in [-0.2, -0.15) is 15.1 Å². The molecule has 3 aromatic heterocycles. The lowest BCUT2D eigenvalue weighted by Gasteiger charge is -2.28. The van der Waals surface area contributed by atoms with Crippen LogP contribution in [0.4, 0.5) is 10.3 Å². The van der Waals surface area contributed by atoms with E-state index in [1.54, 1.807) is 43.0 Å². The van der Waals surface area contributed by atoms with Crippen molar-refractivity contribution in [1.29, 1.82) is 0 Å². The molecule has 1 aromatic carbocycles. The first kappa shape index (κ1) is 24.8. The van der Waals surface area contributed by atoms with E-state index < -0.39 is 11.8 Å². The summed E-state index contributed by atoms with van der Waals surface area (Å²) in [6.07, 6.45) is 1.14. The molecule has 0 spiro atoms. The SMILES string of the molecule is Cc1nc([C@@](C)(C#Cc2ccc3c(C(=O)N4CCC(F)CC4)nn(-c4ccnc(N)n4)c3c2)OC=O)no1. The van der Waals surface area contributed by atoms with E-state index in [-0.39, 0.29) is 42.7 Å². The summed E-state index contributed by atoms with van der Waals surface area (Å²) in [5.74, 6) is 6.34. The lowest BCUT2D eigenvalue weighted by atomic mass is 10.0. The zero-order valence-electron chi connectivity index (χ0n) is 20.6. The number of nitrogens with two attached hydrogens (primary N) is 1. The monoisotopic (exact) mass is 518 g/mol. The number of amides is 1. The zero-order valence-corrected chi connectivity index (χ0v) is 20.6. The van der Waals surface area contributed by atoms with Crippen LogP contribution in [-0.4, -0.2) is 66.4 Å². The van der Waals surface area contributed by atoms with E-state index in [4.69, 9.17) is 15.0 Å². The fourth-order valence-corrected chi connectivity index (χ4v) is 4.13. The van der Waals surface area contributed by atoms with Gasteiger partial charge in [0, 0.05) is 43.2 Å². The largest absolute Gasteiger partial charge is 0.440 e. The topological polar surface area (TPSA) is 155 Å². The first-order chi connectivity index (χ1) is 18.3. The number of carbonyl (C=O) groups is 2. The minimum Gasteiger partial charge on any atom is -0.440 e. The molecule has 194 valence electrons. The van der Waals surface area contributed by atoms with Gasteiger partial charge in [0.25, 0.3) is 12.4 Å². The molecular weight excluding hydrogens is 495 g/mol. The van der Waals surface area contributed by atoms with Crippen LogP contribution >= 0.6 is 0 Å². The number of benzene rings is 1. The van der Waals surface area contributed by atoms with Crippen LogP contribution in [0.1, 0.15) is 47.5 Å². The van der Waals surface area contributed by atoms with E-state index in [0.717, 1.165) is 0 Å². The molecule has 0 unspecified atom stereocenters. The van der Waals surface area contributed by atoms with E-state index in [1.807, 2.05) is 0 Å². The minimum absolute atomic E-state index is 0.0391. The quantitative estimate of drug-likeness (QED) is 0.307. The predicted octanol–water partition coefficient (Wildman–Crippen LogP) is 2.10. The molecule has 1 atom stereocenters. The summed E-state index contributed by atoms with van der Waals surface area (Å²) in [4.78, 5) is 38.4. The van der Waals surface area contributed by atoms with Gasteiger partial charge in [0.05, 0.1) is 5.52 Å². The van der Waals surface area contributed by atoms with Crippen LogP contribution < -0.4 is 5.73 Å². The van der Waals surface area contributed by atoms with Crippen LogP contribution in [0.2, 0.25) is 0 Å². The molecule has 0 radical (unpaired) electrons. The molecule has 0 bridgehead atoms. The normalized spacial score (nSPS) is 15.5. The first-order valence-electron chi connectivity index (χ1n) is 11.8. The second kappa shape index (κ2) is 9.89. The molecular formula is C25H23FN8O4. The van der Waals surface area contributed by atoms with Gasteiger partial charge in [-0.1, -0.05) is 11.1 Å². The van der Waals surface area contributed by atoms with Crippen molar-refractivity contribution < 1.29 is 23.2 Å². The summed E-state index contributed by atoms with van der Waals surface area (Å²) in [5, 5.41) is 8.94. The smallest absolute Gasteiger partial charge is 0.294 e. The minimum atomic E-state index is -1.46. The molecule has 1 aliphatic rings. The van der Waals surface area contributed by atoms with Crippen LogP contribution in [0, 0.1) is 18.8 Å². The van der Waals surface area contributed by atoms with Crippen LogP contribution in [0.3, 0.4) is 0 Å². The second-order valence-electron chi connectivity index (χ2n) is 8.87. The van der Waals surface area contributed by atoms with E-state index >= 15 is 0 Å². The number of hydrogen-bond donors (Lipinski definition) is 1. The standard InChI is InChI=1S/C25H23FN8O4/c1-15-29-23(32-38-15)25(2,37-14-35)9-5-16-3-4-18-19(13-16)34(20-6-10-28-24(27)30-20)31-21(18)22(36)33-11-7-17(26)8-12-33/h3-4,6,10,13-14,17H,7-8,11-12H2,1-2H3,(H2,27,28,30)/t25-/m1/s1. The zero-order chi connectivity index (χ0) is 26.9. The molecule has 1 aliphatic heterocycles. The van der Waals surface area contributed by atoms with Crippen molar-refractivity contribution in [2.75, 3.05) is 18.8 Å². The maximum absolute atomic E-state index is 13.7. The number of likely N-dealkylation sites (tertiary alicyclic amines) is 1. The summed E-state index contributed by atoms with van der Waals surface area (Å²) in [7, 11) is 0. The fourth-order valence-electron chi connectivity index (χ4n) is 4.13. The molecule has 1 saturated heterocycles. The van der Waals surface area contributed by atoms with Crippen LogP contribution in [0.25, 0.3) is 16.7 Å². The molecule has 13 heteroatoms. The van der Waals surface area contributed by atoms with Crippen molar-refractivity contribution in [3.05, 3.63) is 53.4 Å². The van der Waals surface area contributed by atoms with Crippen molar-refractivity contribution in [3.8, 4) is 17.7 Å². The molecule has 12 nitrogen and oxygen atoms in total. The average Bonchev–Trinajstić information content (AvgIpc) is 3.52. The van der Waals surface area contributed by atoms with Gasteiger partial charge in [0.2, 0.25) is 23.3 Å². The number of halogens is 1. The summed E-state index contributed by atoms with van der Waals surface area (Å²) in [5.41, 5.74) is 5.59. The lowest BCUT2D eigenvalue weighted by Crippen LogP contribution is -2.39. The van der Waals surface area contributed by atoms with Crippen molar-refractivity contribution in [1.82, 2.24) is 34.8 Å². The third kappa shape index (κ3) is 4.75. The molecule has 5 rings (SSSR count). The van der Waals surface area contributed by atoms with Gasteiger partial charge in [0.1, 0.15) is 6.17 Å². The van der Waals surface area contributed by atoms with Gasteiger partial charge >= 0.3 is 0 Å². The number of piperidine rings is 1. The number of fused-ring (bicyclic) bond motifs is 1. The maximum atomic E-state index is 13.7. The summed E-state index contributed by atoms with van der Waals surface area (Å²) in [6.45, 7) is 4.04. The van der Waals surface area contributed by atoms with E-state index in [1.165, 1.54) is 10.9 Å². The number of aryl methyl sites for hydroxylation is 1. The van der Waals surface area contributed by atoms with Gasteiger partial charge in [-0.3, -0.25) is 9.59 Å². The van der Waals surface area contributed by atoms with E-state index in [9.17, 15) is 14.0 Å². The molecule has 1 amide bonds. The highest BCUT2D eigenvalue weighted by molar-refractivity contribution is 6.05. The molecule has 38 heavy (non-hydrogen) atoms.